The molecule has 1 N–H and O–H groups in total. The highest BCUT2D eigenvalue weighted by atomic mass is 32.2. The molecule has 1 saturated carbocycles. The van der Waals surface area contributed by atoms with Crippen LogP contribution in [0.3, 0.4) is 0 Å². The molecule has 2 aliphatic rings. The zero-order valence-electron chi connectivity index (χ0n) is 20.3. The van der Waals surface area contributed by atoms with E-state index in [4.69, 9.17) is 0 Å². The van der Waals surface area contributed by atoms with Crippen LogP contribution in [0.2, 0.25) is 0 Å². The summed E-state index contributed by atoms with van der Waals surface area (Å²) in [6, 6.07) is 28.4. The van der Waals surface area contributed by atoms with Crippen LogP contribution in [0.15, 0.2) is 112 Å². The molecule has 1 aliphatic heterocycles. The molecule has 4 aromatic carbocycles. The molecule has 190 valence electrons. The van der Waals surface area contributed by atoms with Gasteiger partial charge in [-0.05, 0) is 73.0 Å². The minimum atomic E-state index is -3.47. The standard InChI is InChI=1S/C30H24N2O4S2/c33-29(21-12-10-20(11-13-21)19-38(35,36)24-6-2-1-3-7-24)31-22-14-17-26-28(18-22)37-27-9-5-4-8-25(27)30(34)32(26)23-15-16-23/h1-14,17-18,23H,15-16,19H2,(H,31,33). The molecule has 0 aromatic heterocycles. The third-order valence-corrected chi connectivity index (χ3v) is 9.45. The first-order valence-electron chi connectivity index (χ1n) is 12.3. The fourth-order valence-electron chi connectivity index (χ4n) is 4.54. The maximum Gasteiger partial charge on any atom is 0.259 e. The Morgan fingerprint density at radius 1 is 0.868 bits per heavy atom. The van der Waals surface area contributed by atoms with Crippen LogP contribution in [0.25, 0.3) is 0 Å². The number of sulfone groups is 1. The number of carbonyl (C=O) groups excluding carboxylic acids is 2. The van der Waals surface area contributed by atoms with Gasteiger partial charge in [0.25, 0.3) is 11.8 Å². The minimum Gasteiger partial charge on any atom is -0.322 e. The third-order valence-electron chi connectivity index (χ3n) is 6.62. The molecule has 6 rings (SSSR count). The van der Waals surface area contributed by atoms with Crippen LogP contribution in [-0.2, 0) is 15.6 Å². The topological polar surface area (TPSA) is 83.6 Å². The van der Waals surface area contributed by atoms with Crippen molar-refractivity contribution in [2.75, 3.05) is 10.2 Å². The molecule has 1 heterocycles. The van der Waals surface area contributed by atoms with Crippen molar-refractivity contribution in [2.24, 2.45) is 0 Å². The first-order chi connectivity index (χ1) is 18.4. The van der Waals surface area contributed by atoms with E-state index in [1.807, 2.05) is 47.4 Å². The minimum absolute atomic E-state index is 0.0144. The van der Waals surface area contributed by atoms with E-state index in [0.717, 1.165) is 28.3 Å². The van der Waals surface area contributed by atoms with Crippen molar-refractivity contribution in [2.45, 2.75) is 39.3 Å². The second kappa shape index (κ2) is 9.78. The van der Waals surface area contributed by atoms with Gasteiger partial charge in [0.15, 0.2) is 9.84 Å². The first kappa shape index (κ1) is 24.5. The Morgan fingerprint density at radius 3 is 2.32 bits per heavy atom. The van der Waals surface area contributed by atoms with E-state index in [2.05, 4.69) is 5.32 Å². The Labute approximate surface area is 225 Å². The first-order valence-corrected chi connectivity index (χ1v) is 14.8. The SMILES string of the molecule is O=C(Nc1ccc2c(c1)Sc1ccccc1C(=O)N2C1CC1)c1ccc(CS(=O)(=O)c2ccccc2)cc1. The number of hydrogen-bond acceptors (Lipinski definition) is 5. The fourth-order valence-corrected chi connectivity index (χ4v) is 7.02. The second-order valence-electron chi connectivity index (χ2n) is 9.41. The summed E-state index contributed by atoms with van der Waals surface area (Å²) < 4.78 is 25.3. The van der Waals surface area contributed by atoms with Gasteiger partial charge < -0.3 is 10.2 Å². The summed E-state index contributed by atoms with van der Waals surface area (Å²) in [7, 11) is -3.47. The fraction of sp³-hybridized carbons (Fsp3) is 0.133. The molecule has 0 spiro atoms. The molecular formula is C30H24N2O4S2. The predicted octanol–water partition coefficient (Wildman–Crippen LogP) is 6.19. The van der Waals surface area contributed by atoms with Gasteiger partial charge in [-0.15, -0.1) is 0 Å². The lowest BCUT2D eigenvalue weighted by Crippen LogP contribution is -2.32. The number of fused-ring (bicyclic) bond motifs is 2. The predicted molar refractivity (Wildman–Crippen MR) is 149 cm³/mol. The van der Waals surface area contributed by atoms with Crippen LogP contribution >= 0.6 is 11.8 Å². The summed E-state index contributed by atoms with van der Waals surface area (Å²) in [6.45, 7) is 0. The van der Waals surface area contributed by atoms with Crippen molar-refractivity contribution >= 4 is 44.8 Å². The van der Waals surface area contributed by atoms with Crippen LogP contribution in [0.4, 0.5) is 11.4 Å². The number of nitrogens with one attached hydrogen (secondary N) is 1. The largest absolute Gasteiger partial charge is 0.322 e. The molecule has 0 bridgehead atoms. The summed E-state index contributed by atoms with van der Waals surface area (Å²) in [6.07, 6.45) is 1.97. The molecular weight excluding hydrogens is 516 g/mol. The molecule has 0 radical (unpaired) electrons. The van der Waals surface area contributed by atoms with Crippen LogP contribution in [0.5, 0.6) is 0 Å². The highest BCUT2D eigenvalue weighted by Gasteiger charge is 2.38. The van der Waals surface area contributed by atoms with Gasteiger partial charge in [0, 0.05) is 27.1 Å². The van der Waals surface area contributed by atoms with Crippen LogP contribution in [-0.4, -0.2) is 26.3 Å². The Kier molecular flexibility index (Phi) is 6.29. The zero-order valence-corrected chi connectivity index (χ0v) is 22.0. The Balaban J connectivity index is 1.21. The molecule has 8 heteroatoms. The quantitative estimate of drug-likeness (QED) is 0.315. The van der Waals surface area contributed by atoms with Gasteiger partial charge >= 0.3 is 0 Å². The van der Waals surface area contributed by atoms with E-state index in [-0.39, 0.29) is 28.5 Å². The van der Waals surface area contributed by atoms with Crippen molar-refractivity contribution in [1.82, 2.24) is 0 Å². The van der Waals surface area contributed by atoms with Gasteiger partial charge in [0.2, 0.25) is 0 Å². The summed E-state index contributed by atoms with van der Waals surface area (Å²) in [4.78, 5) is 30.3. The average Bonchev–Trinajstić information content (AvgIpc) is 3.76. The number of hydrogen-bond donors (Lipinski definition) is 1. The van der Waals surface area contributed by atoms with Crippen LogP contribution < -0.4 is 10.2 Å². The Morgan fingerprint density at radius 2 is 1.58 bits per heavy atom. The molecule has 0 unspecified atom stereocenters. The maximum absolute atomic E-state index is 13.3. The Hall–Kier alpha value is -3.88. The van der Waals surface area contributed by atoms with Gasteiger partial charge in [-0.25, -0.2) is 8.42 Å². The lowest BCUT2D eigenvalue weighted by atomic mass is 10.1. The normalized spacial score (nSPS) is 14.8. The summed E-state index contributed by atoms with van der Waals surface area (Å²) in [5.41, 5.74) is 3.21. The van der Waals surface area contributed by atoms with Crippen molar-refractivity contribution < 1.29 is 18.0 Å². The Bertz CT molecular complexity index is 1650. The van der Waals surface area contributed by atoms with Gasteiger partial charge in [0.1, 0.15) is 0 Å². The van der Waals surface area contributed by atoms with E-state index >= 15 is 0 Å². The summed E-state index contributed by atoms with van der Waals surface area (Å²) >= 11 is 1.53. The van der Waals surface area contributed by atoms with Gasteiger partial charge in [-0.1, -0.05) is 54.2 Å². The van der Waals surface area contributed by atoms with Crippen molar-refractivity contribution in [3.63, 3.8) is 0 Å². The van der Waals surface area contributed by atoms with Crippen molar-refractivity contribution in [3.05, 3.63) is 114 Å². The van der Waals surface area contributed by atoms with E-state index in [0.29, 0.717) is 22.4 Å². The number of anilines is 2. The van der Waals surface area contributed by atoms with Crippen LogP contribution in [0.1, 0.15) is 39.1 Å². The average molecular weight is 541 g/mol. The number of nitrogens with zero attached hydrogens (tertiary/aromatic N) is 1. The van der Waals surface area contributed by atoms with Gasteiger partial charge in [-0.2, -0.15) is 0 Å². The molecule has 2 amide bonds. The zero-order chi connectivity index (χ0) is 26.3. The second-order valence-corrected chi connectivity index (χ2v) is 12.5. The number of amides is 2. The maximum atomic E-state index is 13.3. The van der Waals surface area contributed by atoms with Gasteiger partial charge in [0.05, 0.1) is 21.9 Å². The molecule has 0 atom stereocenters. The smallest absolute Gasteiger partial charge is 0.259 e. The summed E-state index contributed by atoms with van der Waals surface area (Å²) in [5, 5.41) is 2.94. The molecule has 0 saturated heterocycles. The van der Waals surface area contributed by atoms with E-state index in [1.54, 1.807) is 54.6 Å². The van der Waals surface area contributed by atoms with Crippen molar-refractivity contribution in [1.29, 1.82) is 0 Å². The van der Waals surface area contributed by atoms with Crippen molar-refractivity contribution in [3.8, 4) is 0 Å². The molecule has 38 heavy (non-hydrogen) atoms. The third kappa shape index (κ3) is 4.85. The molecule has 4 aromatic rings. The van der Waals surface area contributed by atoms with E-state index < -0.39 is 9.84 Å². The monoisotopic (exact) mass is 540 g/mol. The van der Waals surface area contributed by atoms with E-state index in [1.165, 1.54) is 11.8 Å². The highest BCUT2D eigenvalue weighted by Crippen LogP contribution is 2.46. The number of benzene rings is 4. The highest BCUT2D eigenvalue weighted by molar-refractivity contribution is 7.99. The lowest BCUT2D eigenvalue weighted by Gasteiger charge is -2.23. The molecule has 6 nitrogen and oxygen atoms in total. The van der Waals surface area contributed by atoms with Crippen LogP contribution in [0, 0.1) is 0 Å². The number of carbonyl (C=O) groups is 2. The van der Waals surface area contributed by atoms with Gasteiger partial charge in [-0.3, -0.25) is 9.59 Å². The van der Waals surface area contributed by atoms with E-state index in [9.17, 15) is 18.0 Å². The lowest BCUT2D eigenvalue weighted by molar-refractivity contribution is 0.0980. The summed E-state index contributed by atoms with van der Waals surface area (Å²) in [5.74, 6) is -0.421. The molecule has 1 aliphatic carbocycles. The number of rotatable bonds is 6. The molecule has 1 fully saturated rings.